The third-order valence-electron chi connectivity index (χ3n) is 4.32. The number of hydrogen-bond donors (Lipinski definition) is 3. The quantitative estimate of drug-likeness (QED) is 0.253. The maximum Gasteiger partial charge on any atom is 0.216 e. The molecular weight excluding hydrogens is 455 g/mol. The molecule has 1 atom stereocenters. The van der Waals surface area contributed by atoms with Crippen molar-refractivity contribution < 1.29 is 4.42 Å². The van der Waals surface area contributed by atoms with E-state index >= 15 is 0 Å². The van der Waals surface area contributed by atoms with Crippen molar-refractivity contribution in [3.63, 3.8) is 0 Å². The van der Waals surface area contributed by atoms with Gasteiger partial charge in [-0.15, -0.1) is 24.0 Å². The van der Waals surface area contributed by atoms with Crippen molar-refractivity contribution in [2.45, 2.75) is 52.9 Å². The number of furan rings is 1. The molecular formula is C19H33IN6O. The zero-order valence-corrected chi connectivity index (χ0v) is 19.0. The molecule has 2 aromatic heterocycles. The Morgan fingerprint density at radius 1 is 1.30 bits per heavy atom. The number of aliphatic imine (C=N–C) groups is 1. The van der Waals surface area contributed by atoms with Gasteiger partial charge in [-0.25, -0.2) is 4.98 Å². The number of rotatable bonds is 11. The molecule has 8 heteroatoms. The Labute approximate surface area is 179 Å². The first kappa shape index (κ1) is 23.5. The van der Waals surface area contributed by atoms with E-state index in [9.17, 15) is 0 Å². The van der Waals surface area contributed by atoms with E-state index < -0.39 is 0 Å². The van der Waals surface area contributed by atoms with Crippen LogP contribution in [-0.4, -0.2) is 40.8 Å². The molecule has 2 rings (SSSR count). The van der Waals surface area contributed by atoms with Gasteiger partial charge in [0, 0.05) is 26.1 Å². The van der Waals surface area contributed by atoms with Gasteiger partial charge < -0.3 is 15.1 Å². The maximum absolute atomic E-state index is 5.31. The second kappa shape index (κ2) is 13.6. The summed E-state index contributed by atoms with van der Waals surface area (Å²) in [5.74, 6) is 3.62. The molecule has 0 saturated heterocycles. The third kappa shape index (κ3) is 8.32. The highest BCUT2D eigenvalue weighted by Gasteiger charge is 2.09. The van der Waals surface area contributed by atoms with Gasteiger partial charge in [-0.1, -0.05) is 33.1 Å². The van der Waals surface area contributed by atoms with Crippen LogP contribution in [0.15, 0.2) is 27.8 Å². The van der Waals surface area contributed by atoms with Crippen molar-refractivity contribution in [2.75, 3.05) is 19.6 Å². The number of H-pyrrole nitrogens is 1. The molecule has 3 N–H and O–H groups in total. The predicted octanol–water partition coefficient (Wildman–Crippen LogP) is 4.00. The highest BCUT2D eigenvalue weighted by atomic mass is 127. The summed E-state index contributed by atoms with van der Waals surface area (Å²) in [4.78, 5) is 9.20. The number of aromatic amines is 1. The Morgan fingerprint density at radius 3 is 2.81 bits per heavy atom. The molecule has 1 unspecified atom stereocenters. The average Bonchev–Trinajstić information content (AvgIpc) is 3.33. The minimum absolute atomic E-state index is 0. The topological polar surface area (TPSA) is 91.1 Å². The molecule has 0 aromatic carbocycles. The van der Waals surface area contributed by atoms with Crippen LogP contribution in [0.2, 0.25) is 0 Å². The lowest BCUT2D eigenvalue weighted by Gasteiger charge is -2.14. The lowest BCUT2D eigenvalue weighted by Crippen LogP contribution is -2.38. The van der Waals surface area contributed by atoms with Crippen LogP contribution in [-0.2, 0) is 6.42 Å². The number of halogens is 1. The van der Waals surface area contributed by atoms with E-state index in [1.807, 2.05) is 12.1 Å². The van der Waals surface area contributed by atoms with E-state index in [-0.39, 0.29) is 24.0 Å². The van der Waals surface area contributed by atoms with E-state index in [1.165, 1.54) is 25.7 Å². The molecule has 152 valence electrons. The number of nitrogens with one attached hydrogen (secondary N) is 3. The van der Waals surface area contributed by atoms with Crippen molar-refractivity contribution in [3.8, 4) is 11.6 Å². The van der Waals surface area contributed by atoms with Crippen LogP contribution in [0.25, 0.3) is 11.6 Å². The lowest BCUT2D eigenvalue weighted by molar-refractivity contribution is 0.461. The maximum atomic E-state index is 5.31. The van der Waals surface area contributed by atoms with Gasteiger partial charge in [0.2, 0.25) is 5.82 Å². The van der Waals surface area contributed by atoms with Crippen molar-refractivity contribution in [1.82, 2.24) is 25.8 Å². The SMILES string of the molecule is CCCCC(CC)CN=C(NCC)NCCc1nc(-c2ccco2)n[nH]1.I. The molecule has 0 bridgehead atoms. The van der Waals surface area contributed by atoms with Crippen LogP contribution in [0.4, 0.5) is 0 Å². The fourth-order valence-corrected chi connectivity index (χ4v) is 2.70. The first-order valence-electron chi connectivity index (χ1n) is 9.74. The minimum Gasteiger partial charge on any atom is -0.461 e. The Bertz CT molecular complexity index is 640. The molecule has 7 nitrogen and oxygen atoms in total. The molecule has 2 aromatic rings. The third-order valence-corrected chi connectivity index (χ3v) is 4.32. The predicted molar refractivity (Wildman–Crippen MR) is 120 cm³/mol. The summed E-state index contributed by atoms with van der Waals surface area (Å²) < 4.78 is 5.31. The fraction of sp³-hybridized carbons (Fsp3) is 0.632. The van der Waals surface area contributed by atoms with E-state index in [0.29, 0.717) is 17.5 Å². The normalized spacial score (nSPS) is 12.5. The molecule has 0 aliphatic heterocycles. The van der Waals surface area contributed by atoms with Crippen molar-refractivity contribution in [1.29, 1.82) is 0 Å². The zero-order chi connectivity index (χ0) is 18.6. The van der Waals surface area contributed by atoms with E-state index in [0.717, 1.165) is 37.8 Å². The van der Waals surface area contributed by atoms with E-state index in [1.54, 1.807) is 6.26 Å². The van der Waals surface area contributed by atoms with Crippen LogP contribution in [0.1, 0.15) is 52.3 Å². The monoisotopic (exact) mass is 488 g/mol. The number of hydrogen-bond acceptors (Lipinski definition) is 4. The molecule has 0 saturated carbocycles. The largest absolute Gasteiger partial charge is 0.461 e. The van der Waals surface area contributed by atoms with Gasteiger partial charge in [0.25, 0.3) is 0 Å². The van der Waals surface area contributed by atoms with Gasteiger partial charge >= 0.3 is 0 Å². The summed E-state index contributed by atoms with van der Waals surface area (Å²) in [5.41, 5.74) is 0. The van der Waals surface area contributed by atoms with Gasteiger partial charge in [0.1, 0.15) is 5.82 Å². The van der Waals surface area contributed by atoms with Crippen molar-refractivity contribution >= 4 is 29.9 Å². The summed E-state index contributed by atoms with van der Waals surface area (Å²) >= 11 is 0. The summed E-state index contributed by atoms with van der Waals surface area (Å²) in [6, 6.07) is 3.68. The van der Waals surface area contributed by atoms with Crippen molar-refractivity contribution in [2.24, 2.45) is 10.9 Å². The summed E-state index contributed by atoms with van der Waals surface area (Å²) in [6.07, 6.45) is 7.32. The van der Waals surface area contributed by atoms with Crippen LogP contribution in [0.5, 0.6) is 0 Å². The summed E-state index contributed by atoms with van der Waals surface area (Å²) in [5, 5.41) is 13.8. The molecule has 0 amide bonds. The van der Waals surface area contributed by atoms with Gasteiger partial charge in [0.05, 0.1) is 6.26 Å². The molecule has 0 spiro atoms. The highest BCUT2D eigenvalue weighted by Crippen LogP contribution is 2.14. The second-order valence-electron chi connectivity index (χ2n) is 6.40. The molecule has 0 fully saturated rings. The van der Waals surface area contributed by atoms with Gasteiger partial charge in [0.15, 0.2) is 11.7 Å². The number of nitrogens with zero attached hydrogens (tertiary/aromatic N) is 3. The number of guanidine groups is 1. The Kier molecular flexibility index (Phi) is 11.8. The first-order valence-corrected chi connectivity index (χ1v) is 9.74. The number of aromatic nitrogens is 3. The molecule has 0 aliphatic carbocycles. The standard InChI is InChI=1S/C19H32N6O.HI/c1-4-7-9-15(5-2)14-22-19(20-6-3)21-12-11-17-23-18(25-24-17)16-10-8-13-26-16;/h8,10,13,15H,4-7,9,11-12,14H2,1-3H3,(H2,20,21,22)(H,23,24,25);1H. The van der Waals surface area contributed by atoms with E-state index in [2.05, 4.69) is 46.6 Å². The Morgan fingerprint density at radius 2 is 2.15 bits per heavy atom. The lowest BCUT2D eigenvalue weighted by atomic mass is 10.00. The minimum atomic E-state index is 0. The van der Waals surface area contributed by atoms with Gasteiger partial charge in [-0.2, -0.15) is 5.10 Å². The van der Waals surface area contributed by atoms with Gasteiger partial charge in [-0.05, 0) is 31.4 Å². The van der Waals surface area contributed by atoms with E-state index in [4.69, 9.17) is 9.41 Å². The smallest absolute Gasteiger partial charge is 0.216 e. The summed E-state index contributed by atoms with van der Waals surface area (Å²) in [7, 11) is 0. The molecule has 0 radical (unpaired) electrons. The summed E-state index contributed by atoms with van der Waals surface area (Å²) in [6.45, 7) is 9.03. The first-order chi connectivity index (χ1) is 12.8. The molecule has 2 heterocycles. The fourth-order valence-electron chi connectivity index (χ4n) is 2.70. The van der Waals surface area contributed by atoms with Crippen molar-refractivity contribution in [3.05, 3.63) is 24.2 Å². The molecule has 0 aliphatic rings. The van der Waals surface area contributed by atoms with Gasteiger partial charge in [-0.3, -0.25) is 10.1 Å². The van der Waals surface area contributed by atoms with Crippen LogP contribution < -0.4 is 10.6 Å². The highest BCUT2D eigenvalue weighted by molar-refractivity contribution is 14.0. The molecule has 27 heavy (non-hydrogen) atoms. The van der Waals surface area contributed by atoms with Crippen LogP contribution in [0, 0.1) is 5.92 Å². The van der Waals surface area contributed by atoms with Crippen LogP contribution in [0.3, 0.4) is 0 Å². The Balaban J connectivity index is 0.00000364. The second-order valence-corrected chi connectivity index (χ2v) is 6.40. The van der Waals surface area contributed by atoms with Crippen LogP contribution >= 0.6 is 24.0 Å². The average molecular weight is 488 g/mol. The number of unbranched alkanes of at least 4 members (excludes halogenated alkanes) is 1. The Hall–Kier alpha value is -1.58. The zero-order valence-electron chi connectivity index (χ0n) is 16.6.